The molecule has 0 spiro atoms. The minimum atomic E-state index is -5.57. The summed E-state index contributed by atoms with van der Waals surface area (Å²) in [6, 6.07) is 10.5. The Morgan fingerprint density at radius 1 is 0.951 bits per heavy atom. The van der Waals surface area contributed by atoms with Gasteiger partial charge in [0, 0.05) is 31.2 Å². The average Bonchev–Trinajstić information content (AvgIpc) is 3.12. The van der Waals surface area contributed by atoms with Crippen LogP contribution in [0.4, 0.5) is 36.8 Å². The van der Waals surface area contributed by atoms with Gasteiger partial charge in [-0.25, -0.2) is 22.9 Å². The van der Waals surface area contributed by atoms with Crippen molar-refractivity contribution in [3.63, 3.8) is 0 Å². The minimum Gasteiger partial charge on any atom is -0.475 e. The predicted octanol–water partition coefficient (Wildman–Crippen LogP) is 3.88. The van der Waals surface area contributed by atoms with Gasteiger partial charge in [-0.1, -0.05) is 18.2 Å². The second kappa shape index (κ2) is 11.7. The van der Waals surface area contributed by atoms with Gasteiger partial charge in [0.2, 0.25) is 0 Å². The molecule has 17 heteroatoms. The molecule has 0 aliphatic carbocycles. The van der Waals surface area contributed by atoms with Crippen LogP contribution in [0.1, 0.15) is 12.0 Å². The molecule has 0 unspecified atom stereocenters. The molecule has 1 saturated heterocycles. The van der Waals surface area contributed by atoms with Crippen molar-refractivity contribution in [2.24, 2.45) is 0 Å². The van der Waals surface area contributed by atoms with Crippen molar-refractivity contribution in [1.82, 2.24) is 9.88 Å². The van der Waals surface area contributed by atoms with E-state index in [4.69, 9.17) is 9.90 Å². The number of aliphatic carboxylic acids is 1. The Morgan fingerprint density at radius 2 is 1.54 bits per heavy atom. The third-order valence-corrected chi connectivity index (χ3v) is 7.26. The van der Waals surface area contributed by atoms with Crippen LogP contribution in [-0.2, 0) is 26.0 Å². The molecule has 220 valence electrons. The number of aliphatic hydroxyl groups is 1. The molecule has 3 amide bonds. The molecule has 41 heavy (non-hydrogen) atoms. The topological polar surface area (TPSA) is 145 Å². The highest BCUT2D eigenvalue weighted by Gasteiger charge is 2.48. The van der Waals surface area contributed by atoms with E-state index in [1.165, 1.54) is 4.90 Å². The fourth-order valence-corrected chi connectivity index (χ4v) is 4.60. The van der Waals surface area contributed by atoms with Crippen LogP contribution in [0.15, 0.2) is 65.7 Å². The molecule has 4 rings (SSSR count). The monoisotopic (exact) mass is 607 g/mol. The number of carboxylic acids is 1. The molecular weight excluding hydrogens is 588 g/mol. The van der Waals surface area contributed by atoms with Crippen LogP contribution in [0.25, 0.3) is 10.9 Å². The van der Waals surface area contributed by atoms with Crippen molar-refractivity contribution < 1.29 is 59.4 Å². The quantitative estimate of drug-likeness (QED) is 0.317. The second-order valence-electron chi connectivity index (χ2n) is 8.35. The Kier molecular flexibility index (Phi) is 8.92. The molecule has 3 aromatic rings. The molecule has 2 N–H and O–H groups in total. The van der Waals surface area contributed by atoms with Gasteiger partial charge in [0.25, 0.3) is 15.7 Å². The number of carboxylic acid groups (broad SMARTS) is 1. The van der Waals surface area contributed by atoms with Crippen molar-refractivity contribution in [2.45, 2.75) is 35.6 Å². The Balaban J connectivity index is 0.000000587. The number of hydrogen-bond acceptors (Lipinski definition) is 7. The highest BCUT2D eigenvalue weighted by atomic mass is 32.2. The maximum Gasteiger partial charge on any atom is 0.501 e. The van der Waals surface area contributed by atoms with Crippen molar-refractivity contribution in [2.75, 3.05) is 11.5 Å². The summed E-state index contributed by atoms with van der Waals surface area (Å²) in [4.78, 5) is 40.5. The van der Waals surface area contributed by atoms with Gasteiger partial charge in [-0.15, -0.1) is 0 Å². The molecule has 1 atom stereocenters. The lowest BCUT2D eigenvalue weighted by Crippen LogP contribution is -2.35. The predicted molar refractivity (Wildman–Crippen MR) is 129 cm³/mol. The van der Waals surface area contributed by atoms with Gasteiger partial charge in [-0.3, -0.25) is 9.78 Å². The number of urea groups is 1. The number of para-hydroxylation sites is 1. The van der Waals surface area contributed by atoms with Crippen LogP contribution in [0.3, 0.4) is 0 Å². The Labute approximate surface area is 227 Å². The number of pyridine rings is 1. The first-order chi connectivity index (χ1) is 19.0. The van der Waals surface area contributed by atoms with Gasteiger partial charge < -0.3 is 15.1 Å². The van der Waals surface area contributed by atoms with Gasteiger partial charge in [0.15, 0.2) is 0 Å². The molecule has 2 aromatic carbocycles. The van der Waals surface area contributed by atoms with Gasteiger partial charge in [-0.2, -0.15) is 26.3 Å². The first-order valence-electron chi connectivity index (χ1n) is 11.3. The number of benzene rings is 2. The first-order valence-corrected chi connectivity index (χ1v) is 12.8. The minimum absolute atomic E-state index is 0.0231. The Bertz CT molecular complexity index is 1560. The summed E-state index contributed by atoms with van der Waals surface area (Å²) in [7, 11) is -5.57. The molecule has 10 nitrogen and oxygen atoms in total. The van der Waals surface area contributed by atoms with Crippen molar-refractivity contribution in [1.29, 1.82) is 0 Å². The lowest BCUT2D eigenvalue weighted by Gasteiger charge is -2.22. The molecule has 0 radical (unpaired) electrons. The number of fused-ring (bicyclic) bond motifs is 1. The van der Waals surface area contributed by atoms with E-state index in [9.17, 15) is 49.5 Å². The number of aromatic nitrogens is 1. The number of sulfone groups is 1. The zero-order chi connectivity index (χ0) is 30.8. The van der Waals surface area contributed by atoms with Crippen LogP contribution in [0.5, 0.6) is 0 Å². The fourth-order valence-electron chi connectivity index (χ4n) is 3.84. The van der Waals surface area contributed by atoms with Gasteiger partial charge in [0.1, 0.15) is 6.04 Å². The van der Waals surface area contributed by atoms with E-state index in [1.54, 1.807) is 24.4 Å². The van der Waals surface area contributed by atoms with E-state index in [2.05, 4.69) is 4.98 Å². The largest absolute Gasteiger partial charge is 0.501 e. The number of rotatable bonds is 6. The molecular formula is C24H19F6N3O7S. The van der Waals surface area contributed by atoms with Crippen molar-refractivity contribution >= 4 is 44.3 Å². The van der Waals surface area contributed by atoms with Crippen LogP contribution in [0, 0.1) is 0 Å². The smallest absolute Gasteiger partial charge is 0.475 e. The Morgan fingerprint density at radius 3 is 2.07 bits per heavy atom. The van der Waals surface area contributed by atoms with Crippen molar-refractivity contribution in [3.05, 3.63) is 66.4 Å². The number of carbonyl (C=O) groups excluding carboxylic acids is 2. The molecule has 0 bridgehead atoms. The van der Waals surface area contributed by atoms with E-state index in [1.807, 2.05) is 12.1 Å². The third kappa shape index (κ3) is 6.57. The SMILES string of the molecule is O=C(O)C(F)(F)F.O=C1[C@@H](CCO)N(Cc2ccnc3ccccc23)C(=O)N1c1ccc(S(=O)(=O)C(F)(F)F)cc1. The van der Waals surface area contributed by atoms with Crippen LogP contribution >= 0.6 is 0 Å². The van der Waals surface area contributed by atoms with Crippen LogP contribution in [-0.4, -0.2) is 70.8 Å². The second-order valence-corrected chi connectivity index (χ2v) is 10.3. The van der Waals surface area contributed by atoms with Crippen LogP contribution in [0.2, 0.25) is 0 Å². The lowest BCUT2D eigenvalue weighted by molar-refractivity contribution is -0.192. The van der Waals surface area contributed by atoms with Gasteiger partial charge >= 0.3 is 23.7 Å². The van der Waals surface area contributed by atoms with Gasteiger partial charge in [0.05, 0.1) is 16.1 Å². The average molecular weight is 607 g/mol. The zero-order valence-corrected chi connectivity index (χ0v) is 21.2. The summed E-state index contributed by atoms with van der Waals surface area (Å²) in [6.45, 7) is -0.358. The standard InChI is InChI=1S/C22H18F3N3O5S.C2HF3O2/c23-22(24,25)34(32,33)16-7-5-15(6-8-16)28-20(30)19(10-12-29)27(21(28)31)13-14-9-11-26-18-4-2-1-3-17(14)18;3-2(4,5)1(6)7/h1-9,11,19,29H,10,12-13H2;(H,6,7)/t19-;/m1./s1. The summed E-state index contributed by atoms with van der Waals surface area (Å²) in [6.07, 6.45) is -3.57. The molecule has 1 fully saturated rings. The fraction of sp³-hybridized carbons (Fsp3) is 0.250. The number of anilines is 1. The number of aliphatic hydroxyl groups excluding tert-OH is 1. The van der Waals surface area contributed by atoms with Crippen LogP contribution < -0.4 is 4.90 Å². The summed E-state index contributed by atoms with van der Waals surface area (Å²) < 4.78 is 93.4. The van der Waals surface area contributed by atoms with E-state index < -0.39 is 50.4 Å². The maximum atomic E-state index is 13.2. The molecule has 0 saturated carbocycles. The maximum absolute atomic E-state index is 13.2. The summed E-state index contributed by atoms with van der Waals surface area (Å²) >= 11 is 0. The number of amides is 3. The first kappa shape index (κ1) is 31.3. The normalized spacial score (nSPS) is 16.1. The van der Waals surface area contributed by atoms with E-state index >= 15 is 0 Å². The molecule has 1 aromatic heterocycles. The number of carbonyl (C=O) groups is 3. The summed E-state index contributed by atoms with van der Waals surface area (Å²) in [5.41, 5.74) is -4.16. The summed E-state index contributed by atoms with van der Waals surface area (Å²) in [5.74, 6) is -3.43. The van der Waals surface area contributed by atoms with Gasteiger partial charge in [-0.05, 0) is 42.0 Å². The zero-order valence-electron chi connectivity index (χ0n) is 20.4. The summed E-state index contributed by atoms with van der Waals surface area (Å²) in [5, 5.41) is 17.3. The van der Waals surface area contributed by atoms with Crippen molar-refractivity contribution in [3.8, 4) is 0 Å². The third-order valence-electron chi connectivity index (χ3n) is 5.75. The molecule has 1 aliphatic rings. The number of nitrogens with zero attached hydrogens (tertiary/aromatic N) is 3. The Hall–Kier alpha value is -4.25. The number of hydrogen-bond donors (Lipinski definition) is 2. The molecule has 1 aliphatic heterocycles. The number of alkyl halides is 6. The van der Waals surface area contributed by atoms with E-state index in [0.29, 0.717) is 23.2 Å². The lowest BCUT2D eigenvalue weighted by atomic mass is 10.1. The highest BCUT2D eigenvalue weighted by Crippen LogP contribution is 2.33. The highest BCUT2D eigenvalue weighted by molar-refractivity contribution is 7.92. The molecule has 2 heterocycles. The number of imide groups is 1. The number of halogens is 6. The van der Waals surface area contributed by atoms with E-state index in [0.717, 1.165) is 22.4 Å². The van der Waals surface area contributed by atoms with E-state index in [-0.39, 0.29) is 25.3 Å².